The molecular formula is C34H50FN3O7. The summed E-state index contributed by atoms with van der Waals surface area (Å²) in [5, 5.41) is 7.05. The van der Waals surface area contributed by atoms with Crippen LogP contribution in [0.5, 0.6) is 0 Å². The third kappa shape index (κ3) is 9.47. The average molecular weight is 632 g/mol. The van der Waals surface area contributed by atoms with Crippen LogP contribution in [-0.2, 0) is 46.4 Å². The van der Waals surface area contributed by atoms with Crippen molar-refractivity contribution in [2.24, 2.45) is 11.8 Å². The van der Waals surface area contributed by atoms with Gasteiger partial charge in [-0.25, -0.2) is 4.39 Å². The Balaban J connectivity index is 0.958. The van der Waals surface area contributed by atoms with E-state index < -0.39 is 5.60 Å². The van der Waals surface area contributed by atoms with E-state index >= 15 is 0 Å². The molecule has 2 atom stereocenters. The minimum Gasteiger partial charge on any atom is -0.460 e. The van der Waals surface area contributed by atoms with Crippen molar-refractivity contribution in [3.8, 4) is 0 Å². The number of nitrogens with zero attached hydrogens (tertiary/aromatic N) is 1. The van der Waals surface area contributed by atoms with Gasteiger partial charge in [0.25, 0.3) is 0 Å². The number of esters is 1. The molecule has 5 aliphatic rings. The number of hydrogen-bond acceptors (Lipinski definition) is 8. The Hall–Kier alpha value is -2.60. The third-order valence-electron chi connectivity index (χ3n) is 9.41. The van der Waals surface area contributed by atoms with Crippen molar-refractivity contribution in [3.05, 3.63) is 35.1 Å². The van der Waals surface area contributed by atoms with Crippen LogP contribution >= 0.6 is 0 Å². The smallest absolute Gasteiger partial charge is 0.308 e. The first-order valence-electron chi connectivity index (χ1n) is 16.5. The van der Waals surface area contributed by atoms with E-state index in [0.29, 0.717) is 71.0 Å². The second kappa shape index (κ2) is 14.4. The van der Waals surface area contributed by atoms with Crippen LogP contribution in [-0.4, -0.2) is 85.5 Å². The third-order valence-corrected chi connectivity index (χ3v) is 9.41. The van der Waals surface area contributed by atoms with Gasteiger partial charge in [0.05, 0.1) is 52.6 Å². The van der Waals surface area contributed by atoms with E-state index in [9.17, 15) is 18.8 Å². The summed E-state index contributed by atoms with van der Waals surface area (Å²) in [6.45, 7) is 8.91. The Labute approximate surface area is 266 Å². The molecule has 1 aromatic rings. The van der Waals surface area contributed by atoms with E-state index in [-0.39, 0.29) is 47.6 Å². The summed E-state index contributed by atoms with van der Waals surface area (Å²) < 4.78 is 35.4. The summed E-state index contributed by atoms with van der Waals surface area (Å²) in [7, 11) is 0. The number of halogens is 1. The van der Waals surface area contributed by atoms with Crippen LogP contribution in [0.2, 0.25) is 0 Å². The molecule has 45 heavy (non-hydrogen) atoms. The standard InChI is InChI=1S/C34H50FN3O7/c1-32(2,3)45-31(41)7-9-43-11-13-44-12-10-42-8-6-29(39)37-34-18-24-14-25(19-34)17-33(16-24,23-34)36-20-30(40)38-21-26-4-5-28(35)15-27(26)22-38/h4-5,15,24-25,36H,6-14,16-23H2,1-3H3,(H,37,39). The van der Waals surface area contributed by atoms with E-state index in [0.717, 1.165) is 43.2 Å². The molecule has 1 aliphatic heterocycles. The number of carbonyl (C=O) groups excluding carboxylic acids is 3. The fraction of sp³-hybridized carbons (Fsp3) is 0.735. The summed E-state index contributed by atoms with van der Waals surface area (Å²) in [4.78, 5) is 39.6. The van der Waals surface area contributed by atoms with Crippen LogP contribution in [0.4, 0.5) is 4.39 Å². The molecule has 1 aromatic carbocycles. The molecule has 0 saturated heterocycles. The Morgan fingerprint density at radius 3 is 2.13 bits per heavy atom. The minimum atomic E-state index is -0.494. The van der Waals surface area contributed by atoms with Gasteiger partial charge in [0.15, 0.2) is 0 Å². The summed E-state index contributed by atoms with van der Waals surface area (Å²) >= 11 is 0. The van der Waals surface area contributed by atoms with Crippen LogP contribution in [0.1, 0.15) is 83.3 Å². The number of rotatable bonds is 16. The zero-order chi connectivity index (χ0) is 32.1. The number of fused-ring (bicyclic) bond motifs is 1. The van der Waals surface area contributed by atoms with Gasteiger partial charge in [-0.1, -0.05) is 6.07 Å². The quantitative estimate of drug-likeness (QED) is 0.210. The second-order valence-electron chi connectivity index (χ2n) is 14.5. The maximum atomic E-state index is 13.6. The first kappa shape index (κ1) is 33.8. The zero-order valence-electron chi connectivity index (χ0n) is 27.1. The van der Waals surface area contributed by atoms with Crippen molar-refractivity contribution in [1.82, 2.24) is 15.5 Å². The molecular weight excluding hydrogens is 581 g/mol. The summed E-state index contributed by atoms with van der Waals surface area (Å²) in [6, 6.07) is 4.75. The Morgan fingerprint density at radius 2 is 1.47 bits per heavy atom. The number of carbonyl (C=O) groups is 3. The molecule has 11 heteroatoms. The lowest BCUT2D eigenvalue weighted by molar-refractivity contribution is -0.156. The molecule has 4 saturated carbocycles. The van der Waals surface area contributed by atoms with Crippen LogP contribution in [0.3, 0.4) is 0 Å². The van der Waals surface area contributed by atoms with Gasteiger partial charge < -0.3 is 34.5 Å². The Kier molecular flexibility index (Phi) is 10.8. The van der Waals surface area contributed by atoms with Crippen LogP contribution in [0, 0.1) is 17.7 Å². The molecule has 10 nitrogen and oxygen atoms in total. The van der Waals surface area contributed by atoms with Gasteiger partial charge in [0.2, 0.25) is 11.8 Å². The molecule has 6 rings (SSSR count). The largest absolute Gasteiger partial charge is 0.460 e. The summed E-state index contributed by atoms with van der Waals surface area (Å²) in [6.07, 6.45) is 6.60. The molecule has 0 radical (unpaired) electrons. The highest BCUT2D eigenvalue weighted by atomic mass is 19.1. The van der Waals surface area contributed by atoms with Crippen molar-refractivity contribution < 1.29 is 37.7 Å². The predicted octanol–water partition coefficient (Wildman–Crippen LogP) is 3.64. The lowest BCUT2D eigenvalue weighted by Gasteiger charge is -2.62. The highest BCUT2D eigenvalue weighted by Gasteiger charge is 2.58. The van der Waals surface area contributed by atoms with E-state index in [1.54, 1.807) is 11.0 Å². The highest BCUT2D eigenvalue weighted by molar-refractivity contribution is 5.79. The molecule has 0 spiro atoms. The van der Waals surface area contributed by atoms with Crippen LogP contribution in [0.25, 0.3) is 0 Å². The van der Waals surface area contributed by atoms with Gasteiger partial charge in [-0.2, -0.15) is 0 Å². The van der Waals surface area contributed by atoms with Crippen LogP contribution in [0.15, 0.2) is 18.2 Å². The molecule has 0 aromatic heterocycles. The molecule has 2 amide bonds. The normalized spacial score (nSPS) is 26.6. The number of hydrogen-bond donors (Lipinski definition) is 2. The fourth-order valence-electron chi connectivity index (χ4n) is 8.14. The molecule has 4 aliphatic carbocycles. The van der Waals surface area contributed by atoms with Gasteiger partial charge in [-0.05, 0) is 94.4 Å². The number of benzene rings is 1. The number of ether oxygens (including phenoxy) is 4. The fourth-order valence-corrected chi connectivity index (χ4v) is 8.14. The van der Waals surface area contributed by atoms with E-state index in [2.05, 4.69) is 10.6 Å². The number of nitrogens with one attached hydrogen (secondary N) is 2. The van der Waals surface area contributed by atoms with Crippen molar-refractivity contribution in [2.75, 3.05) is 46.2 Å². The van der Waals surface area contributed by atoms with E-state index in [1.807, 2.05) is 20.8 Å². The summed E-state index contributed by atoms with van der Waals surface area (Å²) in [5.74, 6) is 0.578. The lowest BCUT2D eigenvalue weighted by atomic mass is 9.50. The number of amides is 2. The van der Waals surface area contributed by atoms with E-state index in [4.69, 9.17) is 18.9 Å². The SMILES string of the molecule is CC(C)(C)OC(=O)CCOCCOCCOCCC(=O)NC12CC3CC(CC(NCC(=O)N4Cc5ccc(F)cc5C4)(C3)C1)C2. The molecule has 2 unspecified atom stereocenters. The van der Waals surface area contributed by atoms with Gasteiger partial charge in [0, 0.05) is 30.6 Å². The molecule has 4 bridgehead atoms. The summed E-state index contributed by atoms with van der Waals surface area (Å²) in [5.41, 5.74) is 1.03. The Bertz CT molecular complexity index is 1200. The molecule has 4 fully saturated rings. The van der Waals surface area contributed by atoms with Crippen molar-refractivity contribution >= 4 is 17.8 Å². The average Bonchev–Trinajstić information content (AvgIpc) is 3.36. The maximum Gasteiger partial charge on any atom is 0.308 e. The lowest BCUT2D eigenvalue weighted by Crippen LogP contribution is -2.69. The minimum absolute atomic E-state index is 0.00421. The van der Waals surface area contributed by atoms with Crippen molar-refractivity contribution in [2.45, 2.75) is 102 Å². The molecule has 1 heterocycles. The predicted molar refractivity (Wildman–Crippen MR) is 164 cm³/mol. The van der Waals surface area contributed by atoms with Crippen molar-refractivity contribution in [1.29, 1.82) is 0 Å². The van der Waals surface area contributed by atoms with Gasteiger partial charge >= 0.3 is 5.97 Å². The topological polar surface area (TPSA) is 115 Å². The van der Waals surface area contributed by atoms with Gasteiger partial charge in [-0.3, -0.25) is 14.4 Å². The monoisotopic (exact) mass is 631 g/mol. The zero-order valence-corrected chi connectivity index (χ0v) is 27.1. The molecule has 2 N–H and O–H groups in total. The first-order valence-corrected chi connectivity index (χ1v) is 16.5. The van der Waals surface area contributed by atoms with Crippen molar-refractivity contribution in [3.63, 3.8) is 0 Å². The first-order chi connectivity index (χ1) is 21.4. The second-order valence-corrected chi connectivity index (χ2v) is 14.5. The maximum absolute atomic E-state index is 13.6. The molecule has 250 valence electrons. The van der Waals surface area contributed by atoms with Gasteiger partial charge in [-0.15, -0.1) is 0 Å². The highest BCUT2D eigenvalue weighted by Crippen LogP contribution is 2.57. The van der Waals surface area contributed by atoms with Gasteiger partial charge in [0.1, 0.15) is 11.4 Å². The van der Waals surface area contributed by atoms with E-state index in [1.165, 1.54) is 18.6 Å². The van der Waals surface area contributed by atoms with Crippen LogP contribution < -0.4 is 10.6 Å². The Morgan fingerprint density at radius 1 is 0.867 bits per heavy atom.